The Labute approximate surface area is 205 Å². The Bertz CT molecular complexity index is 1140. The SMILES string of the molecule is COc1ccc(C2CN(Cc3cc(C(F)(F)F)on3)CCC2NC(=O)Nc2ccc(Cl)cc2)cc1. The standard InChI is InChI=1S/C24H24ClF3N4O3/c1-34-19-8-2-15(3-9-19)20-14-32(13-18-12-22(35-31-18)24(26,27)28)11-10-21(20)30-23(33)29-17-6-4-16(25)5-7-17/h2-9,12,20-21H,10-11,13-14H2,1H3,(H2,29,30,33). The molecule has 0 bridgehead atoms. The average molecular weight is 509 g/mol. The number of methoxy groups -OCH3 is 1. The molecule has 1 fully saturated rings. The lowest BCUT2D eigenvalue weighted by Crippen LogP contribution is -2.50. The van der Waals surface area contributed by atoms with Gasteiger partial charge < -0.3 is 19.9 Å². The molecule has 35 heavy (non-hydrogen) atoms. The van der Waals surface area contributed by atoms with Gasteiger partial charge in [-0.2, -0.15) is 13.2 Å². The molecule has 186 valence electrons. The number of alkyl halides is 3. The topological polar surface area (TPSA) is 79.6 Å². The van der Waals surface area contributed by atoms with Gasteiger partial charge in [0.2, 0.25) is 5.76 Å². The molecule has 2 aromatic carbocycles. The number of anilines is 1. The number of benzene rings is 2. The number of carbonyl (C=O) groups is 1. The number of urea groups is 1. The van der Waals surface area contributed by atoms with Gasteiger partial charge in [-0.3, -0.25) is 4.90 Å². The molecule has 2 heterocycles. The first kappa shape index (κ1) is 24.9. The first-order valence-electron chi connectivity index (χ1n) is 10.9. The number of aromatic nitrogens is 1. The second kappa shape index (κ2) is 10.6. The van der Waals surface area contributed by atoms with E-state index in [9.17, 15) is 18.0 Å². The predicted molar refractivity (Wildman–Crippen MR) is 125 cm³/mol. The molecule has 2 N–H and O–H groups in total. The first-order chi connectivity index (χ1) is 16.7. The molecular weight excluding hydrogens is 485 g/mol. The van der Waals surface area contributed by atoms with Crippen molar-refractivity contribution >= 4 is 23.3 Å². The van der Waals surface area contributed by atoms with Gasteiger partial charge in [0.1, 0.15) is 5.75 Å². The molecule has 7 nitrogen and oxygen atoms in total. The Kier molecular flexibility index (Phi) is 7.51. The van der Waals surface area contributed by atoms with Crippen molar-refractivity contribution in [1.82, 2.24) is 15.4 Å². The zero-order valence-electron chi connectivity index (χ0n) is 18.8. The fourth-order valence-electron chi connectivity index (χ4n) is 4.14. The molecule has 0 spiro atoms. The largest absolute Gasteiger partial charge is 0.497 e. The normalized spacial score (nSPS) is 18.8. The van der Waals surface area contributed by atoms with Crippen LogP contribution in [-0.4, -0.2) is 42.3 Å². The number of piperidine rings is 1. The summed E-state index contributed by atoms with van der Waals surface area (Å²) in [5.41, 5.74) is 1.79. The Morgan fingerprint density at radius 2 is 1.91 bits per heavy atom. The second-order valence-electron chi connectivity index (χ2n) is 8.30. The molecule has 2 unspecified atom stereocenters. The van der Waals surface area contributed by atoms with Gasteiger partial charge in [-0.25, -0.2) is 4.79 Å². The molecule has 2 atom stereocenters. The highest BCUT2D eigenvalue weighted by molar-refractivity contribution is 6.30. The first-order valence-corrected chi connectivity index (χ1v) is 11.3. The van der Waals surface area contributed by atoms with Gasteiger partial charge in [-0.15, -0.1) is 0 Å². The summed E-state index contributed by atoms with van der Waals surface area (Å²) in [6, 6.07) is 14.7. The molecule has 1 saturated heterocycles. The van der Waals surface area contributed by atoms with Crippen LogP contribution in [0.25, 0.3) is 0 Å². The van der Waals surface area contributed by atoms with Gasteiger partial charge in [0.15, 0.2) is 0 Å². The monoisotopic (exact) mass is 508 g/mol. The van der Waals surface area contributed by atoms with Gasteiger partial charge in [0.25, 0.3) is 0 Å². The number of halogens is 4. The number of nitrogens with one attached hydrogen (secondary N) is 2. The Morgan fingerprint density at radius 1 is 1.20 bits per heavy atom. The highest BCUT2D eigenvalue weighted by atomic mass is 35.5. The second-order valence-corrected chi connectivity index (χ2v) is 8.73. The minimum atomic E-state index is -4.58. The number of hydrogen-bond donors (Lipinski definition) is 2. The molecule has 2 amide bonds. The van der Waals surface area contributed by atoms with E-state index in [0.717, 1.165) is 11.6 Å². The zero-order chi connectivity index (χ0) is 25.0. The van der Waals surface area contributed by atoms with Crippen molar-refractivity contribution < 1.29 is 27.2 Å². The lowest BCUT2D eigenvalue weighted by atomic mass is 9.86. The number of ether oxygens (including phenoxy) is 1. The summed E-state index contributed by atoms with van der Waals surface area (Å²) in [5.74, 6) is -0.525. The summed E-state index contributed by atoms with van der Waals surface area (Å²) < 4.78 is 48.3. The zero-order valence-corrected chi connectivity index (χ0v) is 19.6. The van der Waals surface area contributed by atoms with Crippen molar-refractivity contribution in [2.45, 2.75) is 31.1 Å². The number of likely N-dealkylation sites (tertiary alicyclic amines) is 1. The Balaban J connectivity index is 1.47. The van der Waals surface area contributed by atoms with E-state index in [-0.39, 0.29) is 30.2 Å². The summed E-state index contributed by atoms with van der Waals surface area (Å²) in [6.07, 6.45) is -3.99. The van der Waals surface area contributed by atoms with E-state index in [1.54, 1.807) is 31.4 Å². The van der Waals surface area contributed by atoms with Crippen molar-refractivity contribution in [1.29, 1.82) is 0 Å². The number of hydrogen-bond acceptors (Lipinski definition) is 5. The van der Waals surface area contributed by atoms with Crippen molar-refractivity contribution in [2.75, 3.05) is 25.5 Å². The van der Waals surface area contributed by atoms with Crippen LogP contribution in [0.5, 0.6) is 5.75 Å². The lowest BCUT2D eigenvalue weighted by molar-refractivity contribution is -0.155. The van der Waals surface area contributed by atoms with Crippen LogP contribution in [0, 0.1) is 0 Å². The maximum absolute atomic E-state index is 12.9. The molecule has 0 radical (unpaired) electrons. The van der Waals surface area contributed by atoms with Crippen LogP contribution in [0.15, 0.2) is 59.1 Å². The third-order valence-corrected chi connectivity index (χ3v) is 6.14. The Morgan fingerprint density at radius 3 is 2.54 bits per heavy atom. The molecular formula is C24H24ClF3N4O3. The third kappa shape index (κ3) is 6.46. The van der Waals surface area contributed by atoms with Crippen molar-refractivity contribution in [3.8, 4) is 5.75 Å². The predicted octanol–water partition coefficient (Wildman–Crippen LogP) is 5.54. The minimum Gasteiger partial charge on any atom is -0.497 e. The van der Waals surface area contributed by atoms with E-state index in [4.69, 9.17) is 16.3 Å². The van der Waals surface area contributed by atoms with E-state index < -0.39 is 11.9 Å². The van der Waals surface area contributed by atoms with E-state index in [0.29, 0.717) is 36.0 Å². The van der Waals surface area contributed by atoms with Crippen molar-refractivity contribution in [3.05, 3.63) is 76.6 Å². The summed E-state index contributed by atoms with van der Waals surface area (Å²) in [5, 5.41) is 9.99. The maximum atomic E-state index is 12.9. The van der Waals surface area contributed by atoms with Crippen LogP contribution in [0.3, 0.4) is 0 Å². The van der Waals surface area contributed by atoms with E-state index in [1.165, 1.54) is 0 Å². The summed E-state index contributed by atoms with van der Waals surface area (Å²) in [6.45, 7) is 1.27. The number of nitrogens with zero attached hydrogens (tertiary/aromatic N) is 2. The van der Waals surface area contributed by atoms with E-state index >= 15 is 0 Å². The number of carbonyl (C=O) groups excluding carboxylic acids is 1. The summed E-state index contributed by atoms with van der Waals surface area (Å²) in [7, 11) is 1.58. The van der Waals surface area contributed by atoms with Crippen LogP contribution in [0.1, 0.15) is 29.4 Å². The fraction of sp³-hybridized carbons (Fsp3) is 0.333. The molecule has 11 heteroatoms. The molecule has 1 aromatic heterocycles. The molecule has 3 aromatic rings. The van der Waals surface area contributed by atoms with Crippen LogP contribution in [0.2, 0.25) is 5.02 Å². The molecule has 0 aliphatic carbocycles. The van der Waals surface area contributed by atoms with Crippen LogP contribution in [0.4, 0.5) is 23.7 Å². The molecule has 0 saturated carbocycles. The minimum absolute atomic E-state index is 0.111. The van der Waals surface area contributed by atoms with Gasteiger partial charge in [-0.1, -0.05) is 28.9 Å². The van der Waals surface area contributed by atoms with E-state index in [2.05, 4.69) is 20.3 Å². The lowest BCUT2D eigenvalue weighted by Gasteiger charge is -2.39. The van der Waals surface area contributed by atoms with Crippen molar-refractivity contribution in [2.24, 2.45) is 0 Å². The molecule has 1 aliphatic rings. The van der Waals surface area contributed by atoms with Crippen molar-refractivity contribution in [3.63, 3.8) is 0 Å². The number of rotatable bonds is 6. The van der Waals surface area contributed by atoms with Gasteiger partial charge >= 0.3 is 12.2 Å². The van der Waals surface area contributed by atoms with Crippen LogP contribution in [-0.2, 0) is 12.7 Å². The van der Waals surface area contributed by atoms with Crippen LogP contribution >= 0.6 is 11.6 Å². The molecule has 1 aliphatic heterocycles. The van der Waals surface area contributed by atoms with E-state index in [1.807, 2.05) is 29.2 Å². The fourth-order valence-corrected chi connectivity index (χ4v) is 4.27. The van der Waals surface area contributed by atoms with Gasteiger partial charge in [-0.05, 0) is 48.4 Å². The van der Waals surface area contributed by atoms with Crippen LogP contribution < -0.4 is 15.4 Å². The number of amides is 2. The van der Waals surface area contributed by atoms with Gasteiger partial charge in [0, 0.05) is 48.4 Å². The highest BCUT2D eigenvalue weighted by Gasteiger charge is 2.37. The maximum Gasteiger partial charge on any atom is 0.452 e. The summed E-state index contributed by atoms with van der Waals surface area (Å²) >= 11 is 5.90. The average Bonchev–Trinajstić information content (AvgIpc) is 3.31. The quantitative estimate of drug-likeness (QED) is 0.457. The smallest absolute Gasteiger partial charge is 0.452 e. The summed E-state index contributed by atoms with van der Waals surface area (Å²) in [4.78, 5) is 14.7. The third-order valence-electron chi connectivity index (χ3n) is 5.88. The highest BCUT2D eigenvalue weighted by Crippen LogP contribution is 2.32. The Hall–Kier alpha value is -3.24. The van der Waals surface area contributed by atoms with Gasteiger partial charge in [0.05, 0.1) is 12.8 Å². The molecule has 4 rings (SSSR count).